The molecule has 0 saturated carbocycles. The monoisotopic (exact) mass is 250 g/mol. The van der Waals surface area contributed by atoms with Gasteiger partial charge in [-0.25, -0.2) is 0 Å². The first-order valence-electron chi connectivity index (χ1n) is 5.18. The molecule has 2 aromatic heterocycles. The summed E-state index contributed by atoms with van der Waals surface area (Å²) in [5.41, 5.74) is 1.12. The molecule has 0 aliphatic heterocycles. The van der Waals surface area contributed by atoms with Crippen LogP contribution in [0.2, 0.25) is 5.22 Å². The van der Waals surface area contributed by atoms with Crippen molar-refractivity contribution in [3.8, 4) is 0 Å². The molecule has 0 radical (unpaired) electrons. The van der Waals surface area contributed by atoms with E-state index < -0.39 is 0 Å². The third-order valence-corrected chi connectivity index (χ3v) is 2.45. The number of hydrogen-bond acceptors (Lipinski definition) is 3. The number of furan rings is 1. The van der Waals surface area contributed by atoms with Crippen LogP contribution in [0.5, 0.6) is 0 Å². The van der Waals surface area contributed by atoms with E-state index in [1.807, 2.05) is 12.1 Å². The summed E-state index contributed by atoms with van der Waals surface area (Å²) < 4.78 is 4.99. The van der Waals surface area contributed by atoms with Gasteiger partial charge in [0.15, 0.2) is 11.0 Å². The van der Waals surface area contributed by atoms with Crippen LogP contribution >= 0.6 is 11.6 Å². The third kappa shape index (κ3) is 3.32. The normalized spacial score (nSPS) is 10.2. The summed E-state index contributed by atoms with van der Waals surface area (Å²) in [5.74, 6) is -0.0318. The molecule has 0 unspecified atom stereocenters. The molecule has 0 saturated heterocycles. The highest BCUT2D eigenvalue weighted by atomic mass is 35.5. The van der Waals surface area contributed by atoms with Crippen molar-refractivity contribution in [2.24, 2.45) is 0 Å². The maximum absolute atomic E-state index is 11.6. The maximum Gasteiger partial charge on any atom is 0.287 e. The smallest absolute Gasteiger partial charge is 0.287 e. The Kier molecular flexibility index (Phi) is 3.77. The molecule has 17 heavy (non-hydrogen) atoms. The minimum Gasteiger partial charge on any atom is -0.440 e. The number of aromatic nitrogens is 1. The van der Waals surface area contributed by atoms with Crippen molar-refractivity contribution in [2.75, 3.05) is 6.54 Å². The van der Waals surface area contributed by atoms with Crippen LogP contribution in [0.4, 0.5) is 0 Å². The second kappa shape index (κ2) is 5.50. The fourth-order valence-corrected chi connectivity index (χ4v) is 1.54. The third-order valence-electron chi connectivity index (χ3n) is 2.25. The van der Waals surface area contributed by atoms with Crippen molar-refractivity contribution in [3.63, 3.8) is 0 Å². The summed E-state index contributed by atoms with van der Waals surface area (Å²) in [6.07, 6.45) is 4.20. The van der Waals surface area contributed by atoms with Crippen molar-refractivity contribution in [1.29, 1.82) is 0 Å². The number of hydrogen-bond donors (Lipinski definition) is 1. The molecule has 2 rings (SSSR count). The van der Waals surface area contributed by atoms with Crippen molar-refractivity contribution in [1.82, 2.24) is 10.3 Å². The van der Waals surface area contributed by atoms with Gasteiger partial charge in [-0.3, -0.25) is 9.78 Å². The van der Waals surface area contributed by atoms with Crippen LogP contribution in [0.25, 0.3) is 0 Å². The molecule has 0 aliphatic rings. The average Bonchev–Trinajstić information content (AvgIpc) is 2.77. The second-order valence-corrected chi connectivity index (χ2v) is 3.84. The molecular weight excluding hydrogens is 240 g/mol. The minimum atomic E-state index is -0.258. The Balaban J connectivity index is 1.81. The van der Waals surface area contributed by atoms with E-state index in [0.717, 1.165) is 12.0 Å². The van der Waals surface area contributed by atoms with Crippen LogP contribution in [0.3, 0.4) is 0 Å². The topological polar surface area (TPSA) is 55.1 Å². The van der Waals surface area contributed by atoms with E-state index in [2.05, 4.69) is 10.3 Å². The highest BCUT2D eigenvalue weighted by Gasteiger charge is 2.09. The zero-order valence-electron chi connectivity index (χ0n) is 9.02. The van der Waals surface area contributed by atoms with Gasteiger partial charge in [0.05, 0.1) is 0 Å². The molecule has 0 bridgehead atoms. The van der Waals surface area contributed by atoms with Crippen LogP contribution in [-0.2, 0) is 6.42 Å². The molecule has 5 heteroatoms. The van der Waals surface area contributed by atoms with Gasteiger partial charge in [0, 0.05) is 18.9 Å². The lowest BCUT2D eigenvalue weighted by Gasteiger charge is -2.02. The molecule has 0 aliphatic carbocycles. The molecule has 0 fully saturated rings. The Morgan fingerprint density at radius 2 is 2.06 bits per heavy atom. The van der Waals surface area contributed by atoms with Gasteiger partial charge in [0.1, 0.15) is 0 Å². The van der Waals surface area contributed by atoms with Gasteiger partial charge in [-0.15, -0.1) is 0 Å². The number of amides is 1. The van der Waals surface area contributed by atoms with Crippen LogP contribution in [-0.4, -0.2) is 17.4 Å². The van der Waals surface area contributed by atoms with E-state index in [-0.39, 0.29) is 16.9 Å². The maximum atomic E-state index is 11.6. The summed E-state index contributed by atoms with van der Waals surface area (Å²) in [5, 5.41) is 2.96. The second-order valence-electron chi connectivity index (χ2n) is 3.47. The molecule has 2 aromatic rings. The molecule has 4 nitrogen and oxygen atoms in total. The number of pyridine rings is 1. The van der Waals surface area contributed by atoms with Crippen LogP contribution in [0.15, 0.2) is 41.1 Å². The molecular formula is C12H11ClN2O2. The summed E-state index contributed by atoms with van der Waals surface area (Å²) in [6.45, 7) is 0.543. The Bertz CT molecular complexity index is 496. The van der Waals surface area contributed by atoms with E-state index in [0.29, 0.717) is 6.54 Å². The number of rotatable bonds is 4. The Morgan fingerprint density at radius 3 is 2.71 bits per heavy atom. The quantitative estimate of drug-likeness (QED) is 0.906. The summed E-state index contributed by atoms with van der Waals surface area (Å²) in [7, 11) is 0. The molecule has 0 spiro atoms. The van der Waals surface area contributed by atoms with Crippen LogP contribution < -0.4 is 5.32 Å². The molecule has 88 valence electrons. The molecule has 1 amide bonds. The van der Waals surface area contributed by atoms with Crippen LogP contribution in [0, 0.1) is 0 Å². The summed E-state index contributed by atoms with van der Waals surface area (Å²) in [6, 6.07) is 6.91. The van der Waals surface area contributed by atoms with Gasteiger partial charge in [0.2, 0.25) is 0 Å². The lowest BCUT2D eigenvalue weighted by Crippen LogP contribution is -2.25. The lowest BCUT2D eigenvalue weighted by atomic mass is 10.2. The SMILES string of the molecule is O=C(NCCc1ccncc1)c1ccc(Cl)o1. The number of carbonyl (C=O) groups is 1. The first kappa shape index (κ1) is 11.7. The molecule has 2 heterocycles. The van der Waals surface area contributed by atoms with Crippen LogP contribution in [0.1, 0.15) is 16.1 Å². The number of halogens is 1. The highest BCUT2D eigenvalue weighted by Crippen LogP contribution is 2.12. The number of nitrogens with zero attached hydrogens (tertiary/aromatic N) is 1. The Hall–Kier alpha value is -1.81. The van der Waals surface area contributed by atoms with Crippen molar-refractivity contribution < 1.29 is 9.21 Å². The largest absolute Gasteiger partial charge is 0.440 e. The molecule has 0 atom stereocenters. The summed E-state index contributed by atoms with van der Waals surface area (Å²) in [4.78, 5) is 15.5. The van der Waals surface area contributed by atoms with Gasteiger partial charge in [0.25, 0.3) is 5.91 Å². The summed E-state index contributed by atoms with van der Waals surface area (Å²) >= 11 is 5.58. The van der Waals surface area contributed by atoms with Crippen molar-refractivity contribution in [3.05, 3.63) is 53.2 Å². The van der Waals surface area contributed by atoms with E-state index in [1.54, 1.807) is 24.5 Å². The van der Waals surface area contributed by atoms with Crippen molar-refractivity contribution in [2.45, 2.75) is 6.42 Å². The van der Waals surface area contributed by atoms with E-state index >= 15 is 0 Å². The van der Waals surface area contributed by atoms with Gasteiger partial charge in [-0.2, -0.15) is 0 Å². The number of nitrogens with one attached hydrogen (secondary N) is 1. The van der Waals surface area contributed by atoms with Crippen molar-refractivity contribution >= 4 is 17.5 Å². The first-order chi connectivity index (χ1) is 8.25. The Labute approximate surface area is 104 Å². The number of carbonyl (C=O) groups excluding carboxylic acids is 1. The van der Waals surface area contributed by atoms with E-state index in [4.69, 9.17) is 16.0 Å². The first-order valence-corrected chi connectivity index (χ1v) is 5.56. The predicted molar refractivity (Wildman–Crippen MR) is 64.0 cm³/mol. The fraction of sp³-hybridized carbons (Fsp3) is 0.167. The highest BCUT2D eigenvalue weighted by molar-refractivity contribution is 6.29. The fourth-order valence-electron chi connectivity index (χ4n) is 1.39. The van der Waals surface area contributed by atoms with E-state index in [1.165, 1.54) is 0 Å². The zero-order chi connectivity index (χ0) is 12.1. The van der Waals surface area contributed by atoms with Gasteiger partial charge in [-0.1, -0.05) is 0 Å². The average molecular weight is 251 g/mol. The molecule has 0 aromatic carbocycles. The Morgan fingerprint density at radius 1 is 1.29 bits per heavy atom. The van der Waals surface area contributed by atoms with Gasteiger partial charge >= 0.3 is 0 Å². The predicted octanol–water partition coefficient (Wildman–Crippen LogP) is 2.30. The van der Waals surface area contributed by atoms with E-state index in [9.17, 15) is 4.79 Å². The molecule has 1 N–H and O–H groups in total. The lowest BCUT2D eigenvalue weighted by molar-refractivity contribution is 0.0926. The van der Waals surface area contributed by atoms with Gasteiger partial charge < -0.3 is 9.73 Å². The van der Waals surface area contributed by atoms with Gasteiger partial charge in [-0.05, 0) is 47.9 Å². The standard InChI is InChI=1S/C12H11ClN2O2/c13-11-2-1-10(17-11)12(16)15-8-5-9-3-6-14-7-4-9/h1-4,6-7H,5,8H2,(H,15,16). The minimum absolute atomic E-state index is 0.212. The zero-order valence-corrected chi connectivity index (χ0v) is 9.78.